The van der Waals surface area contributed by atoms with Gasteiger partial charge in [-0.1, -0.05) is 12.1 Å². The van der Waals surface area contributed by atoms with Gasteiger partial charge in [0, 0.05) is 5.56 Å². The topological polar surface area (TPSA) is 13.6 Å². The van der Waals surface area contributed by atoms with Gasteiger partial charge in [-0.05, 0) is 6.07 Å². The predicted octanol–water partition coefficient (Wildman–Crippen LogP) is 3.12. The molecule has 0 saturated heterocycles. The zero-order valence-electron chi connectivity index (χ0n) is 7.01. The molecule has 0 unspecified atom stereocenters. The van der Waals surface area contributed by atoms with E-state index in [1.54, 1.807) is 0 Å². The van der Waals surface area contributed by atoms with E-state index in [4.69, 9.17) is 6.57 Å². The summed E-state index contributed by atoms with van der Waals surface area (Å²) >= 11 is 0. The number of ether oxygens (including phenoxy) is 1. The Bertz CT molecular complexity index is 360. The Labute approximate surface area is 78.7 Å². The fourth-order valence-corrected chi connectivity index (χ4v) is 0.876. The third-order valence-corrected chi connectivity index (χ3v) is 1.53. The molecular weight excluding hydrogens is 195 g/mol. The Hall–Kier alpha value is -1.54. The lowest BCUT2D eigenvalue weighted by Crippen LogP contribution is -2.00. The second-order valence-corrected chi connectivity index (χ2v) is 2.46. The number of rotatable bonds is 3. The Morgan fingerprint density at radius 1 is 1.43 bits per heavy atom. The molecule has 2 nitrogen and oxygen atoms in total. The molecule has 1 aromatic rings. The van der Waals surface area contributed by atoms with Crippen LogP contribution >= 0.6 is 0 Å². The minimum Gasteiger partial charge on any atom is -0.318 e. The van der Waals surface area contributed by atoms with Gasteiger partial charge in [0.2, 0.25) is 0 Å². The van der Waals surface area contributed by atoms with Crippen LogP contribution in [0.2, 0.25) is 0 Å². The van der Waals surface area contributed by atoms with Gasteiger partial charge in [-0.2, -0.15) is 8.78 Å². The standard InChI is InChI=1S/C9H6F3NO/c1-13-7-3-2-6(8(10)4-7)5-14-9(11)12/h2-4,9H,5H2. The average molecular weight is 201 g/mol. The van der Waals surface area contributed by atoms with E-state index in [0.29, 0.717) is 0 Å². The Kier molecular flexibility index (Phi) is 3.48. The number of hydrogen-bond donors (Lipinski definition) is 0. The SMILES string of the molecule is [C-]#[N+]c1ccc(COC(F)F)c(F)c1. The van der Waals surface area contributed by atoms with E-state index in [1.807, 2.05) is 0 Å². The molecule has 0 radical (unpaired) electrons. The Balaban J connectivity index is 2.75. The molecule has 0 aliphatic rings. The fraction of sp³-hybridized carbons (Fsp3) is 0.222. The summed E-state index contributed by atoms with van der Waals surface area (Å²) < 4.78 is 40.2. The number of nitrogens with zero attached hydrogens (tertiary/aromatic N) is 1. The van der Waals surface area contributed by atoms with Crippen LogP contribution in [0, 0.1) is 12.4 Å². The maximum atomic E-state index is 13.0. The van der Waals surface area contributed by atoms with Crippen LogP contribution in [-0.2, 0) is 11.3 Å². The lowest BCUT2D eigenvalue weighted by molar-refractivity contribution is -0.137. The lowest BCUT2D eigenvalue weighted by atomic mass is 10.2. The summed E-state index contributed by atoms with van der Waals surface area (Å²) in [4.78, 5) is 2.99. The zero-order valence-corrected chi connectivity index (χ0v) is 7.01. The first kappa shape index (κ1) is 10.5. The van der Waals surface area contributed by atoms with Gasteiger partial charge in [-0.3, -0.25) is 0 Å². The van der Waals surface area contributed by atoms with Crippen molar-refractivity contribution in [2.75, 3.05) is 0 Å². The summed E-state index contributed by atoms with van der Waals surface area (Å²) in [5.41, 5.74) is 0.140. The largest absolute Gasteiger partial charge is 0.345 e. The molecule has 0 aliphatic heterocycles. The number of benzene rings is 1. The second kappa shape index (κ2) is 4.63. The Morgan fingerprint density at radius 2 is 2.14 bits per heavy atom. The summed E-state index contributed by atoms with van der Waals surface area (Å²) in [5.74, 6) is -0.709. The van der Waals surface area contributed by atoms with E-state index in [9.17, 15) is 13.2 Å². The second-order valence-electron chi connectivity index (χ2n) is 2.46. The zero-order chi connectivity index (χ0) is 10.6. The van der Waals surface area contributed by atoms with Crippen LogP contribution in [-0.4, -0.2) is 6.61 Å². The van der Waals surface area contributed by atoms with Crippen LogP contribution in [0.1, 0.15) is 5.56 Å². The minimum atomic E-state index is -2.92. The molecule has 0 saturated carbocycles. The minimum absolute atomic E-state index is 0.0118. The maximum absolute atomic E-state index is 13.0. The van der Waals surface area contributed by atoms with Gasteiger partial charge in [0.15, 0.2) is 5.69 Å². The average Bonchev–Trinajstić information content (AvgIpc) is 2.15. The van der Waals surface area contributed by atoms with Gasteiger partial charge in [0.05, 0.1) is 13.2 Å². The normalized spacial score (nSPS) is 10.2. The maximum Gasteiger partial charge on any atom is 0.345 e. The van der Waals surface area contributed by atoms with Gasteiger partial charge < -0.3 is 4.74 Å². The molecule has 0 heterocycles. The van der Waals surface area contributed by atoms with Crippen LogP contribution in [0.15, 0.2) is 18.2 Å². The molecule has 0 aromatic heterocycles. The number of alkyl halides is 2. The van der Waals surface area contributed by atoms with Crippen molar-refractivity contribution in [1.29, 1.82) is 0 Å². The van der Waals surface area contributed by atoms with E-state index >= 15 is 0 Å². The van der Waals surface area contributed by atoms with Gasteiger partial charge in [0.1, 0.15) is 5.82 Å². The first-order chi connectivity index (χ1) is 6.63. The van der Waals surface area contributed by atoms with Crippen molar-refractivity contribution in [1.82, 2.24) is 0 Å². The van der Waals surface area contributed by atoms with E-state index < -0.39 is 19.0 Å². The van der Waals surface area contributed by atoms with Crippen molar-refractivity contribution in [2.24, 2.45) is 0 Å². The molecular formula is C9H6F3NO. The molecule has 0 amide bonds. The smallest absolute Gasteiger partial charge is 0.318 e. The van der Waals surface area contributed by atoms with Crippen LogP contribution in [0.5, 0.6) is 0 Å². The highest BCUT2D eigenvalue weighted by atomic mass is 19.3. The Morgan fingerprint density at radius 3 is 2.64 bits per heavy atom. The van der Waals surface area contributed by atoms with Crippen LogP contribution < -0.4 is 0 Å². The predicted molar refractivity (Wildman–Crippen MR) is 43.5 cm³/mol. The molecule has 0 N–H and O–H groups in total. The van der Waals surface area contributed by atoms with Crippen molar-refractivity contribution in [2.45, 2.75) is 13.2 Å². The van der Waals surface area contributed by atoms with Gasteiger partial charge >= 0.3 is 6.61 Å². The van der Waals surface area contributed by atoms with Crippen molar-refractivity contribution >= 4 is 5.69 Å². The van der Waals surface area contributed by atoms with E-state index in [1.165, 1.54) is 12.1 Å². The fourth-order valence-electron chi connectivity index (χ4n) is 0.876. The lowest BCUT2D eigenvalue weighted by Gasteiger charge is -2.04. The molecule has 0 bridgehead atoms. The third kappa shape index (κ3) is 2.75. The molecule has 0 spiro atoms. The number of halogens is 3. The highest BCUT2D eigenvalue weighted by Gasteiger charge is 2.07. The van der Waals surface area contributed by atoms with Crippen LogP contribution in [0.25, 0.3) is 4.85 Å². The van der Waals surface area contributed by atoms with Gasteiger partial charge in [0.25, 0.3) is 0 Å². The van der Waals surface area contributed by atoms with Crippen LogP contribution in [0.4, 0.5) is 18.9 Å². The van der Waals surface area contributed by atoms with E-state index in [0.717, 1.165) is 6.07 Å². The molecule has 74 valence electrons. The molecule has 14 heavy (non-hydrogen) atoms. The van der Waals surface area contributed by atoms with E-state index in [2.05, 4.69) is 9.58 Å². The van der Waals surface area contributed by atoms with Crippen molar-refractivity contribution in [3.63, 3.8) is 0 Å². The van der Waals surface area contributed by atoms with Gasteiger partial charge in [-0.15, -0.1) is 0 Å². The molecule has 0 atom stereocenters. The first-order valence-corrected chi connectivity index (χ1v) is 3.69. The number of hydrogen-bond acceptors (Lipinski definition) is 1. The van der Waals surface area contributed by atoms with Crippen LogP contribution in [0.3, 0.4) is 0 Å². The van der Waals surface area contributed by atoms with Crippen molar-refractivity contribution in [3.8, 4) is 0 Å². The first-order valence-electron chi connectivity index (χ1n) is 3.69. The summed E-state index contributed by atoms with van der Waals surface area (Å²) in [6.07, 6.45) is 0. The molecule has 0 fully saturated rings. The molecule has 0 aliphatic carbocycles. The summed E-state index contributed by atoms with van der Waals surface area (Å²) in [6.45, 7) is 3.17. The van der Waals surface area contributed by atoms with E-state index in [-0.39, 0.29) is 11.3 Å². The van der Waals surface area contributed by atoms with Gasteiger partial charge in [-0.25, -0.2) is 9.24 Å². The monoisotopic (exact) mass is 201 g/mol. The summed E-state index contributed by atoms with van der Waals surface area (Å²) in [7, 11) is 0. The van der Waals surface area contributed by atoms with Crippen molar-refractivity contribution < 1.29 is 17.9 Å². The molecule has 1 aromatic carbocycles. The third-order valence-electron chi connectivity index (χ3n) is 1.53. The molecule has 5 heteroatoms. The highest BCUT2D eigenvalue weighted by Crippen LogP contribution is 2.18. The summed E-state index contributed by atoms with van der Waals surface area (Å²) in [6, 6.07) is 3.59. The quantitative estimate of drug-likeness (QED) is 0.685. The summed E-state index contributed by atoms with van der Waals surface area (Å²) in [5, 5.41) is 0. The van der Waals surface area contributed by atoms with Crippen molar-refractivity contribution in [3.05, 3.63) is 41.0 Å². The molecule has 1 rings (SSSR count). The highest BCUT2D eigenvalue weighted by molar-refractivity contribution is 5.45.